The SMILES string of the molecule is CCN(CCCNC(=NCc1ccc(OC)cc1)NCC(=O)N(C)C)c1ccccc1. The van der Waals surface area contributed by atoms with Crippen LogP contribution >= 0.6 is 0 Å². The number of methoxy groups -OCH3 is 1. The number of hydrogen-bond acceptors (Lipinski definition) is 4. The highest BCUT2D eigenvalue weighted by atomic mass is 16.5. The molecule has 7 nitrogen and oxygen atoms in total. The molecular formula is C24H35N5O2. The Hall–Kier alpha value is -3.22. The van der Waals surface area contributed by atoms with E-state index in [1.807, 2.05) is 30.3 Å². The maximum absolute atomic E-state index is 12.0. The van der Waals surface area contributed by atoms with Crippen LogP contribution in [0.3, 0.4) is 0 Å². The van der Waals surface area contributed by atoms with Crippen molar-refractivity contribution in [3.05, 3.63) is 60.2 Å². The predicted molar refractivity (Wildman–Crippen MR) is 128 cm³/mol. The number of benzene rings is 2. The summed E-state index contributed by atoms with van der Waals surface area (Å²) in [7, 11) is 5.14. The van der Waals surface area contributed by atoms with E-state index in [4.69, 9.17) is 4.74 Å². The molecule has 2 aromatic rings. The largest absolute Gasteiger partial charge is 0.497 e. The molecule has 0 saturated heterocycles. The molecule has 0 heterocycles. The second kappa shape index (κ2) is 13.2. The number of anilines is 1. The molecule has 0 bridgehead atoms. The zero-order valence-electron chi connectivity index (χ0n) is 19.1. The number of carbonyl (C=O) groups is 1. The number of amides is 1. The number of rotatable bonds is 11. The van der Waals surface area contributed by atoms with Gasteiger partial charge >= 0.3 is 0 Å². The minimum Gasteiger partial charge on any atom is -0.497 e. The van der Waals surface area contributed by atoms with Crippen molar-refractivity contribution >= 4 is 17.6 Å². The number of guanidine groups is 1. The molecule has 0 atom stereocenters. The first kappa shape index (κ1) is 24.1. The molecule has 0 aliphatic rings. The highest BCUT2D eigenvalue weighted by molar-refractivity contribution is 5.86. The van der Waals surface area contributed by atoms with Crippen LogP contribution in [0, 0.1) is 0 Å². The minimum atomic E-state index is 0.000170. The molecule has 0 spiro atoms. The minimum absolute atomic E-state index is 0.000170. The van der Waals surface area contributed by atoms with Crippen molar-refractivity contribution in [1.29, 1.82) is 0 Å². The second-order valence-electron chi connectivity index (χ2n) is 7.35. The number of nitrogens with one attached hydrogen (secondary N) is 2. The number of likely N-dealkylation sites (N-methyl/N-ethyl adjacent to an activating group) is 1. The number of ether oxygens (including phenoxy) is 1. The summed E-state index contributed by atoms with van der Waals surface area (Å²) in [6.45, 7) is 5.53. The molecule has 0 aromatic heterocycles. The Balaban J connectivity index is 1.91. The van der Waals surface area contributed by atoms with Crippen molar-refractivity contribution in [2.45, 2.75) is 19.9 Å². The van der Waals surface area contributed by atoms with E-state index in [1.165, 1.54) is 5.69 Å². The molecule has 2 aromatic carbocycles. The Bertz CT molecular complexity index is 806. The van der Waals surface area contributed by atoms with E-state index >= 15 is 0 Å². The number of hydrogen-bond donors (Lipinski definition) is 2. The zero-order chi connectivity index (χ0) is 22.5. The van der Waals surface area contributed by atoms with Gasteiger partial charge in [-0.1, -0.05) is 30.3 Å². The fourth-order valence-electron chi connectivity index (χ4n) is 2.98. The summed E-state index contributed by atoms with van der Waals surface area (Å²) in [5.74, 6) is 1.45. The van der Waals surface area contributed by atoms with E-state index in [2.05, 4.69) is 51.7 Å². The van der Waals surface area contributed by atoms with E-state index in [9.17, 15) is 4.79 Å². The van der Waals surface area contributed by atoms with E-state index < -0.39 is 0 Å². The van der Waals surface area contributed by atoms with Gasteiger partial charge in [-0.25, -0.2) is 4.99 Å². The first-order chi connectivity index (χ1) is 15.0. The highest BCUT2D eigenvalue weighted by Gasteiger charge is 2.07. The lowest BCUT2D eigenvalue weighted by molar-refractivity contribution is -0.127. The lowest BCUT2D eigenvalue weighted by Crippen LogP contribution is -2.43. The highest BCUT2D eigenvalue weighted by Crippen LogP contribution is 2.13. The van der Waals surface area contributed by atoms with Gasteiger partial charge in [0.05, 0.1) is 20.2 Å². The number of carbonyl (C=O) groups excluding carboxylic acids is 1. The average Bonchev–Trinajstić information content (AvgIpc) is 2.80. The van der Waals surface area contributed by atoms with Crippen LogP contribution in [-0.2, 0) is 11.3 Å². The monoisotopic (exact) mass is 425 g/mol. The van der Waals surface area contributed by atoms with Crippen LogP contribution in [0.2, 0.25) is 0 Å². The van der Waals surface area contributed by atoms with Gasteiger partial charge in [0.15, 0.2) is 5.96 Å². The van der Waals surface area contributed by atoms with Crippen molar-refractivity contribution in [2.75, 3.05) is 52.3 Å². The van der Waals surface area contributed by atoms with Crippen molar-refractivity contribution < 1.29 is 9.53 Å². The quantitative estimate of drug-likeness (QED) is 0.329. The lowest BCUT2D eigenvalue weighted by Gasteiger charge is -2.23. The number of aliphatic imine (C=N–C) groups is 1. The fourth-order valence-corrected chi connectivity index (χ4v) is 2.98. The van der Waals surface area contributed by atoms with Crippen LogP contribution in [-0.4, -0.2) is 64.2 Å². The molecule has 0 unspecified atom stereocenters. The van der Waals surface area contributed by atoms with Gasteiger partial charge in [-0.05, 0) is 43.2 Å². The molecule has 2 N–H and O–H groups in total. The normalized spacial score (nSPS) is 11.0. The van der Waals surface area contributed by atoms with Crippen LogP contribution < -0.4 is 20.3 Å². The molecular weight excluding hydrogens is 390 g/mol. The number of nitrogens with zero attached hydrogens (tertiary/aromatic N) is 3. The van der Waals surface area contributed by atoms with Crippen molar-refractivity contribution in [3.63, 3.8) is 0 Å². The summed E-state index contributed by atoms with van der Waals surface area (Å²) in [5, 5.41) is 6.49. The molecule has 2 rings (SSSR count). The van der Waals surface area contributed by atoms with E-state index in [1.54, 1.807) is 26.1 Å². The summed E-state index contributed by atoms with van der Waals surface area (Å²) in [6.07, 6.45) is 0.952. The van der Waals surface area contributed by atoms with Crippen LogP contribution in [0.4, 0.5) is 5.69 Å². The summed E-state index contributed by atoms with van der Waals surface area (Å²) in [6, 6.07) is 18.2. The third kappa shape index (κ3) is 8.58. The van der Waals surface area contributed by atoms with E-state index in [0.717, 1.165) is 37.4 Å². The van der Waals surface area contributed by atoms with Crippen LogP contribution in [0.15, 0.2) is 59.6 Å². The third-order valence-electron chi connectivity index (χ3n) is 4.88. The summed E-state index contributed by atoms with van der Waals surface area (Å²) in [5.41, 5.74) is 2.30. The van der Waals surface area contributed by atoms with Gasteiger partial charge in [-0.3, -0.25) is 4.79 Å². The van der Waals surface area contributed by atoms with Crippen molar-refractivity contribution in [1.82, 2.24) is 15.5 Å². The topological polar surface area (TPSA) is 69.2 Å². The molecule has 7 heteroatoms. The van der Waals surface area contributed by atoms with E-state index in [0.29, 0.717) is 12.5 Å². The molecule has 1 amide bonds. The van der Waals surface area contributed by atoms with Crippen LogP contribution in [0.1, 0.15) is 18.9 Å². The molecule has 0 aliphatic heterocycles. The van der Waals surface area contributed by atoms with Crippen molar-refractivity contribution in [2.24, 2.45) is 4.99 Å². The summed E-state index contributed by atoms with van der Waals surface area (Å²) >= 11 is 0. The zero-order valence-corrected chi connectivity index (χ0v) is 19.1. The second-order valence-corrected chi connectivity index (χ2v) is 7.35. The Labute approximate surface area is 186 Å². The Morgan fingerprint density at radius 2 is 1.74 bits per heavy atom. The Morgan fingerprint density at radius 1 is 1.03 bits per heavy atom. The summed E-state index contributed by atoms with van der Waals surface area (Å²) in [4.78, 5) is 20.5. The molecule has 0 aliphatic carbocycles. The first-order valence-electron chi connectivity index (χ1n) is 10.7. The van der Waals surface area contributed by atoms with Crippen LogP contribution in [0.25, 0.3) is 0 Å². The molecule has 0 saturated carbocycles. The van der Waals surface area contributed by atoms with Gasteiger partial charge in [0, 0.05) is 39.4 Å². The third-order valence-corrected chi connectivity index (χ3v) is 4.88. The average molecular weight is 426 g/mol. The molecule has 31 heavy (non-hydrogen) atoms. The predicted octanol–water partition coefficient (Wildman–Crippen LogP) is 2.74. The van der Waals surface area contributed by atoms with Crippen molar-refractivity contribution in [3.8, 4) is 5.75 Å². The molecule has 0 fully saturated rings. The van der Waals surface area contributed by atoms with E-state index in [-0.39, 0.29) is 12.5 Å². The fraction of sp³-hybridized carbons (Fsp3) is 0.417. The van der Waals surface area contributed by atoms with Gasteiger partial charge in [0.25, 0.3) is 0 Å². The van der Waals surface area contributed by atoms with Gasteiger partial charge < -0.3 is 25.2 Å². The van der Waals surface area contributed by atoms with Crippen LogP contribution in [0.5, 0.6) is 5.75 Å². The number of para-hydroxylation sites is 1. The first-order valence-corrected chi connectivity index (χ1v) is 10.7. The molecule has 0 radical (unpaired) electrons. The smallest absolute Gasteiger partial charge is 0.241 e. The van der Waals surface area contributed by atoms with Gasteiger partial charge in [0.1, 0.15) is 5.75 Å². The lowest BCUT2D eigenvalue weighted by atomic mass is 10.2. The Kier molecular flexibility index (Phi) is 10.2. The maximum Gasteiger partial charge on any atom is 0.241 e. The van der Waals surface area contributed by atoms with Gasteiger partial charge in [-0.2, -0.15) is 0 Å². The Morgan fingerprint density at radius 3 is 2.35 bits per heavy atom. The molecule has 168 valence electrons. The maximum atomic E-state index is 12.0. The standard InChI is InChI=1S/C24H35N5O2/c1-5-29(21-10-7-6-8-11-21)17-9-16-25-24(27-19-23(30)28(2)3)26-18-20-12-14-22(31-4)15-13-20/h6-8,10-15H,5,9,16-19H2,1-4H3,(H2,25,26,27). The summed E-state index contributed by atoms with van der Waals surface area (Å²) < 4.78 is 5.20. The van der Waals surface area contributed by atoms with Gasteiger partial charge in [0.2, 0.25) is 5.91 Å². The van der Waals surface area contributed by atoms with Gasteiger partial charge in [-0.15, -0.1) is 0 Å².